The summed E-state index contributed by atoms with van der Waals surface area (Å²) in [5.74, 6) is 1.52. The van der Waals surface area contributed by atoms with Crippen LogP contribution in [0.3, 0.4) is 0 Å². The molecule has 0 aromatic heterocycles. The minimum Gasteiger partial charge on any atom is -0.493 e. The van der Waals surface area contributed by atoms with E-state index in [0.717, 1.165) is 17.9 Å². The van der Waals surface area contributed by atoms with Gasteiger partial charge in [0.15, 0.2) is 5.96 Å². The van der Waals surface area contributed by atoms with Crippen LogP contribution in [-0.2, 0) is 6.54 Å². The van der Waals surface area contributed by atoms with Crippen molar-refractivity contribution in [2.45, 2.75) is 20.4 Å². The van der Waals surface area contributed by atoms with Gasteiger partial charge >= 0.3 is 0 Å². The molecular weight excluding hydrogens is 202 g/mol. The number of hydrogen-bond donors (Lipinski definition) is 2. The number of nitrogens with zero attached hydrogens (tertiary/aromatic N) is 1. The summed E-state index contributed by atoms with van der Waals surface area (Å²) in [4.78, 5) is 3.93. The van der Waals surface area contributed by atoms with Gasteiger partial charge in [0, 0.05) is 0 Å². The molecule has 1 aromatic rings. The normalized spacial score (nSPS) is 10.2. The van der Waals surface area contributed by atoms with Crippen LogP contribution in [0.25, 0.3) is 0 Å². The number of benzene rings is 1. The number of rotatable bonds is 5. The Kier molecular flexibility index (Phi) is 4.64. The highest BCUT2D eigenvalue weighted by Crippen LogP contribution is 2.13. The Morgan fingerprint density at radius 3 is 2.38 bits per heavy atom. The smallest absolute Gasteiger partial charge is 0.186 e. The van der Waals surface area contributed by atoms with Crippen LogP contribution in [0.5, 0.6) is 5.75 Å². The average Bonchev–Trinajstić information content (AvgIpc) is 2.25. The van der Waals surface area contributed by atoms with Gasteiger partial charge in [0.05, 0.1) is 13.2 Å². The molecule has 0 amide bonds. The molecule has 0 atom stereocenters. The summed E-state index contributed by atoms with van der Waals surface area (Å²) in [6, 6.07) is 7.78. The Labute approximate surface area is 96.3 Å². The zero-order chi connectivity index (χ0) is 12.0. The molecule has 0 fully saturated rings. The Balaban J connectivity index is 2.51. The molecule has 88 valence electrons. The highest BCUT2D eigenvalue weighted by atomic mass is 16.5. The molecule has 0 saturated heterocycles. The van der Waals surface area contributed by atoms with Crippen molar-refractivity contribution in [3.63, 3.8) is 0 Å². The van der Waals surface area contributed by atoms with Gasteiger partial charge in [-0.05, 0) is 23.6 Å². The standard InChI is InChI=1S/C12H19N3O/c1-9(2)8-16-11-5-3-10(4-6-11)7-15-12(13)14/h3-6,9H,7-8H2,1-2H3,(H4,13,14,15). The fraction of sp³-hybridized carbons (Fsp3) is 0.417. The number of ether oxygens (including phenoxy) is 1. The lowest BCUT2D eigenvalue weighted by atomic mass is 10.2. The quantitative estimate of drug-likeness (QED) is 0.584. The number of nitrogens with two attached hydrogens (primary N) is 2. The van der Waals surface area contributed by atoms with Gasteiger partial charge in [-0.3, -0.25) is 0 Å². The summed E-state index contributed by atoms with van der Waals surface area (Å²) in [5, 5.41) is 0. The molecule has 0 saturated carbocycles. The summed E-state index contributed by atoms with van der Waals surface area (Å²) in [7, 11) is 0. The molecule has 16 heavy (non-hydrogen) atoms. The van der Waals surface area contributed by atoms with Crippen LogP contribution in [0, 0.1) is 5.92 Å². The molecule has 4 nitrogen and oxygen atoms in total. The van der Waals surface area contributed by atoms with E-state index < -0.39 is 0 Å². The number of guanidine groups is 1. The lowest BCUT2D eigenvalue weighted by molar-refractivity contribution is 0.271. The van der Waals surface area contributed by atoms with Crippen LogP contribution >= 0.6 is 0 Å². The predicted octanol–water partition coefficient (Wildman–Crippen LogP) is 1.49. The molecule has 4 heteroatoms. The zero-order valence-electron chi connectivity index (χ0n) is 9.81. The molecule has 0 radical (unpaired) electrons. The molecular formula is C12H19N3O. The van der Waals surface area contributed by atoms with Gasteiger partial charge in [-0.2, -0.15) is 0 Å². The van der Waals surface area contributed by atoms with Crippen molar-refractivity contribution in [2.24, 2.45) is 22.4 Å². The van der Waals surface area contributed by atoms with Gasteiger partial charge in [0.2, 0.25) is 0 Å². The third kappa shape index (κ3) is 4.68. The summed E-state index contributed by atoms with van der Waals surface area (Å²) in [5.41, 5.74) is 11.6. The fourth-order valence-corrected chi connectivity index (χ4v) is 1.14. The van der Waals surface area contributed by atoms with Crippen molar-refractivity contribution >= 4 is 5.96 Å². The second-order valence-corrected chi connectivity index (χ2v) is 4.09. The van der Waals surface area contributed by atoms with E-state index in [0.29, 0.717) is 12.5 Å². The van der Waals surface area contributed by atoms with E-state index in [1.54, 1.807) is 0 Å². The van der Waals surface area contributed by atoms with Crippen molar-refractivity contribution in [3.8, 4) is 5.75 Å². The maximum Gasteiger partial charge on any atom is 0.186 e. The number of aliphatic imine (C=N–C) groups is 1. The van der Waals surface area contributed by atoms with Gasteiger partial charge in [0.25, 0.3) is 0 Å². The van der Waals surface area contributed by atoms with E-state index in [-0.39, 0.29) is 5.96 Å². The van der Waals surface area contributed by atoms with E-state index in [9.17, 15) is 0 Å². The Hall–Kier alpha value is -1.71. The van der Waals surface area contributed by atoms with E-state index in [2.05, 4.69) is 18.8 Å². The van der Waals surface area contributed by atoms with Gasteiger partial charge in [0.1, 0.15) is 5.75 Å². The van der Waals surface area contributed by atoms with Crippen molar-refractivity contribution in [1.82, 2.24) is 0 Å². The summed E-state index contributed by atoms with van der Waals surface area (Å²) in [6.45, 7) is 5.47. The van der Waals surface area contributed by atoms with Gasteiger partial charge < -0.3 is 16.2 Å². The molecule has 0 aliphatic rings. The van der Waals surface area contributed by atoms with Crippen LogP contribution in [0.1, 0.15) is 19.4 Å². The first-order chi connectivity index (χ1) is 7.58. The van der Waals surface area contributed by atoms with Crippen molar-refractivity contribution in [3.05, 3.63) is 29.8 Å². The second kappa shape index (κ2) is 6.00. The second-order valence-electron chi connectivity index (χ2n) is 4.09. The van der Waals surface area contributed by atoms with E-state index in [1.807, 2.05) is 24.3 Å². The lowest BCUT2D eigenvalue weighted by Gasteiger charge is -2.08. The minimum atomic E-state index is 0.111. The first kappa shape index (κ1) is 12.4. The van der Waals surface area contributed by atoms with Crippen molar-refractivity contribution < 1.29 is 4.74 Å². The Morgan fingerprint density at radius 2 is 1.88 bits per heavy atom. The SMILES string of the molecule is CC(C)COc1ccc(CN=C(N)N)cc1. The maximum absolute atomic E-state index is 5.56. The molecule has 1 aromatic carbocycles. The fourth-order valence-electron chi connectivity index (χ4n) is 1.14. The third-order valence-corrected chi connectivity index (χ3v) is 1.95. The largest absolute Gasteiger partial charge is 0.493 e. The van der Waals surface area contributed by atoms with Crippen LogP contribution in [0.4, 0.5) is 0 Å². The van der Waals surface area contributed by atoms with Gasteiger partial charge in [-0.15, -0.1) is 0 Å². The van der Waals surface area contributed by atoms with Crippen molar-refractivity contribution in [2.75, 3.05) is 6.61 Å². The van der Waals surface area contributed by atoms with E-state index in [1.165, 1.54) is 0 Å². The minimum absolute atomic E-state index is 0.111. The highest BCUT2D eigenvalue weighted by Gasteiger charge is 1.97. The first-order valence-corrected chi connectivity index (χ1v) is 5.35. The number of hydrogen-bond acceptors (Lipinski definition) is 2. The van der Waals surface area contributed by atoms with Gasteiger partial charge in [-0.25, -0.2) is 4.99 Å². The zero-order valence-corrected chi connectivity index (χ0v) is 9.81. The molecule has 0 aliphatic carbocycles. The summed E-state index contributed by atoms with van der Waals surface area (Å²) in [6.07, 6.45) is 0. The average molecular weight is 221 g/mol. The van der Waals surface area contributed by atoms with E-state index >= 15 is 0 Å². The van der Waals surface area contributed by atoms with E-state index in [4.69, 9.17) is 16.2 Å². The van der Waals surface area contributed by atoms with Crippen molar-refractivity contribution in [1.29, 1.82) is 0 Å². The molecule has 4 N–H and O–H groups in total. The molecule has 0 unspecified atom stereocenters. The highest BCUT2D eigenvalue weighted by molar-refractivity contribution is 5.75. The molecule has 1 rings (SSSR count). The first-order valence-electron chi connectivity index (χ1n) is 5.35. The van der Waals surface area contributed by atoms with Crippen LogP contribution in [0.15, 0.2) is 29.3 Å². The Bertz CT molecular complexity index is 340. The molecule has 0 spiro atoms. The van der Waals surface area contributed by atoms with Crippen LogP contribution < -0.4 is 16.2 Å². The topological polar surface area (TPSA) is 73.6 Å². The lowest BCUT2D eigenvalue weighted by Crippen LogP contribution is -2.22. The van der Waals surface area contributed by atoms with Crippen LogP contribution in [0.2, 0.25) is 0 Å². The Morgan fingerprint density at radius 1 is 1.25 bits per heavy atom. The molecule has 0 aliphatic heterocycles. The predicted molar refractivity (Wildman–Crippen MR) is 66.3 cm³/mol. The maximum atomic E-state index is 5.56. The molecule has 0 bridgehead atoms. The molecule has 0 heterocycles. The van der Waals surface area contributed by atoms with Gasteiger partial charge in [-0.1, -0.05) is 26.0 Å². The monoisotopic (exact) mass is 221 g/mol. The summed E-state index contributed by atoms with van der Waals surface area (Å²) < 4.78 is 5.56. The third-order valence-electron chi connectivity index (χ3n) is 1.95. The van der Waals surface area contributed by atoms with Crippen LogP contribution in [-0.4, -0.2) is 12.6 Å². The summed E-state index contributed by atoms with van der Waals surface area (Å²) >= 11 is 0.